The number of amides is 1. The fourth-order valence-corrected chi connectivity index (χ4v) is 4.21. The first-order chi connectivity index (χ1) is 12.6. The molecule has 1 N–H and O–H groups in total. The van der Waals surface area contributed by atoms with E-state index in [9.17, 15) is 4.79 Å². The molecular weight excluding hydrogens is 352 g/mol. The molecule has 1 unspecified atom stereocenters. The lowest BCUT2D eigenvalue weighted by atomic mass is 9.79. The van der Waals surface area contributed by atoms with E-state index in [1.54, 1.807) is 19.1 Å². The van der Waals surface area contributed by atoms with E-state index < -0.39 is 6.10 Å². The molecule has 2 fully saturated rings. The molecular formula is C20H29ClN2O3. The third-order valence-electron chi connectivity index (χ3n) is 5.57. The number of nitrogens with zero attached hydrogens (tertiary/aromatic N) is 1. The molecule has 1 aliphatic carbocycles. The molecule has 5 nitrogen and oxygen atoms in total. The minimum atomic E-state index is -0.583. The fourth-order valence-electron chi connectivity index (χ4n) is 4.03. The van der Waals surface area contributed by atoms with Crippen molar-refractivity contribution in [3.63, 3.8) is 0 Å². The number of carbonyl (C=O) groups excluding carboxylic acids is 1. The normalized spacial score (nSPS) is 21.8. The molecule has 0 spiro atoms. The van der Waals surface area contributed by atoms with Crippen LogP contribution in [-0.2, 0) is 9.53 Å². The first-order valence-corrected chi connectivity index (χ1v) is 10.0. The van der Waals surface area contributed by atoms with E-state index in [1.807, 2.05) is 12.1 Å². The smallest absolute Gasteiger partial charge is 0.260 e. The van der Waals surface area contributed by atoms with Crippen LogP contribution in [0.3, 0.4) is 0 Å². The quantitative estimate of drug-likeness (QED) is 0.823. The highest BCUT2D eigenvalue weighted by molar-refractivity contribution is 6.32. The average molecular weight is 381 g/mol. The molecule has 2 aliphatic rings. The SMILES string of the molecule is CC(Oc1ccccc1Cl)C(=O)NCC1(N2CCOCC2)CCCCC1. The highest BCUT2D eigenvalue weighted by Gasteiger charge is 2.39. The number of hydrogen-bond donors (Lipinski definition) is 1. The summed E-state index contributed by atoms with van der Waals surface area (Å²) in [7, 11) is 0. The molecule has 26 heavy (non-hydrogen) atoms. The summed E-state index contributed by atoms with van der Waals surface area (Å²) in [5.74, 6) is 0.445. The molecule has 1 saturated carbocycles. The Hall–Kier alpha value is -1.30. The fraction of sp³-hybridized carbons (Fsp3) is 0.650. The van der Waals surface area contributed by atoms with Crippen molar-refractivity contribution in [1.29, 1.82) is 0 Å². The zero-order valence-electron chi connectivity index (χ0n) is 15.5. The summed E-state index contributed by atoms with van der Waals surface area (Å²) < 4.78 is 11.3. The monoisotopic (exact) mass is 380 g/mol. The van der Waals surface area contributed by atoms with Crippen LogP contribution in [0.5, 0.6) is 5.75 Å². The number of morpholine rings is 1. The van der Waals surface area contributed by atoms with E-state index in [0.29, 0.717) is 17.3 Å². The maximum atomic E-state index is 12.6. The molecule has 0 aromatic heterocycles. The van der Waals surface area contributed by atoms with Crippen LogP contribution < -0.4 is 10.1 Å². The molecule has 0 bridgehead atoms. The number of hydrogen-bond acceptors (Lipinski definition) is 4. The lowest BCUT2D eigenvalue weighted by Crippen LogP contribution is -2.60. The highest BCUT2D eigenvalue weighted by atomic mass is 35.5. The van der Waals surface area contributed by atoms with Crippen molar-refractivity contribution in [1.82, 2.24) is 10.2 Å². The summed E-state index contributed by atoms with van der Waals surface area (Å²) in [4.78, 5) is 15.1. The van der Waals surface area contributed by atoms with Crippen LogP contribution >= 0.6 is 11.6 Å². The first-order valence-electron chi connectivity index (χ1n) is 9.62. The molecule has 3 rings (SSSR count). The lowest BCUT2D eigenvalue weighted by Gasteiger charge is -2.48. The van der Waals surface area contributed by atoms with E-state index in [4.69, 9.17) is 21.1 Å². The van der Waals surface area contributed by atoms with Gasteiger partial charge in [0.1, 0.15) is 5.75 Å². The Balaban J connectivity index is 1.59. The average Bonchev–Trinajstić information content (AvgIpc) is 2.69. The van der Waals surface area contributed by atoms with Gasteiger partial charge in [0.05, 0.1) is 18.2 Å². The predicted molar refractivity (Wildman–Crippen MR) is 103 cm³/mol. The van der Waals surface area contributed by atoms with Gasteiger partial charge in [-0.2, -0.15) is 0 Å². The molecule has 1 aliphatic heterocycles. The van der Waals surface area contributed by atoms with Crippen molar-refractivity contribution < 1.29 is 14.3 Å². The summed E-state index contributed by atoms with van der Waals surface area (Å²) in [6, 6.07) is 7.23. The van der Waals surface area contributed by atoms with Crippen molar-refractivity contribution in [2.24, 2.45) is 0 Å². The van der Waals surface area contributed by atoms with E-state index in [2.05, 4.69) is 10.2 Å². The van der Waals surface area contributed by atoms with Gasteiger partial charge < -0.3 is 14.8 Å². The van der Waals surface area contributed by atoms with Crippen LogP contribution in [0.1, 0.15) is 39.0 Å². The number of ether oxygens (including phenoxy) is 2. The molecule has 6 heteroatoms. The third kappa shape index (κ3) is 4.70. The Morgan fingerprint density at radius 1 is 1.27 bits per heavy atom. The maximum absolute atomic E-state index is 12.6. The Bertz CT molecular complexity index is 598. The predicted octanol–water partition coefficient (Wildman–Crippen LogP) is 3.26. The Kier molecular flexibility index (Phi) is 6.79. The molecule has 0 radical (unpaired) electrons. The van der Waals surface area contributed by atoms with Crippen molar-refractivity contribution >= 4 is 17.5 Å². The standard InChI is InChI=1S/C20H29ClN2O3/c1-16(26-18-8-4-3-7-17(18)21)19(24)22-15-20(9-5-2-6-10-20)23-11-13-25-14-12-23/h3-4,7-8,16H,2,5-6,9-15H2,1H3,(H,22,24). The molecule has 1 aromatic rings. The lowest BCUT2D eigenvalue weighted by molar-refractivity contribution is -0.128. The maximum Gasteiger partial charge on any atom is 0.260 e. The molecule has 1 heterocycles. The van der Waals surface area contributed by atoms with Gasteiger partial charge in [0.15, 0.2) is 6.10 Å². The van der Waals surface area contributed by atoms with Gasteiger partial charge >= 0.3 is 0 Å². The van der Waals surface area contributed by atoms with Gasteiger partial charge in [-0.3, -0.25) is 9.69 Å². The van der Waals surface area contributed by atoms with Gasteiger partial charge in [0, 0.05) is 25.2 Å². The topological polar surface area (TPSA) is 50.8 Å². The summed E-state index contributed by atoms with van der Waals surface area (Å²) >= 11 is 6.12. The van der Waals surface area contributed by atoms with Gasteiger partial charge in [-0.15, -0.1) is 0 Å². The van der Waals surface area contributed by atoms with Crippen molar-refractivity contribution in [3.05, 3.63) is 29.3 Å². The summed E-state index contributed by atoms with van der Waals surface area (Å²) in [6.07, 6.45) is 5.41. The second kappa shape index (κ2) is 9.07. The summed E-state index contributed by atoms with van der Waals surface area (Å²) in [6.45, 7) is 5.88. The van der Waals surface area contributed by atoms with Crippen LogP contribution in [0.4, 0.5) is 0 Å². The van der Waals surface area contributed by atoms with Crippen LogP contribution in [0.2, 0.25) is 5.02 Å². The number of para-hydroxylation sites is 1. The highest BCUT2D eigenvalue weighted by Crippen LogP contribution is 2.34. The minimum absolute atomic E-state index is 0.0573. The van der Waals surface area contributed by atoms with Crippen molar-refractivity contribution in [3.8, 4) is 5.75 Å². The van der Waals surface area contributed by atoms with Crippen LogP contribution in [0.25, 0.3) is 0 Å². The Morgan fingerprint density at radius 2 is 1.96 bits per heavy atom. The van der Waals surface area contributed by atoms with Crippen LogP contribution in [-0.4, -0.2) is 55.3 Å². The van der Waals surface area contributed by atoms with Gasteiger partial charge in [-0.25, -0.2) is 0 Å². The second-order valence-electron chi connectivity index (χ2n) is 7.29. The Labute approximate surface area is 161 Å². The van der Waals surface area contributed by atoms with E-state index in [-0.39, 0.29) is 11.4 Å². The largest absolute Gasteiger partial charge is 0.479 e. The van der Waals surface area contributed by atoms with Crippen molar-refractivity contribution in [2.45, 2.75) is 50.7 Å². The van der Waals surface area contributed by atoms with E-state index >= 15 is 0 Å². The van der Waals surface area contributed by atoms with Crippen molar-refractivity contribution in [2.75, 3.05) is 32.8 Å². The first kappa shape index (κ1) is 19.5. The molecule has 1 amide bonds. The minimum Gasteiger partial charge on any atom is -0.479 e. The number of nitrogens with one attached hydrogen (secondary N) is 1. The summed E-state index contributed by atoms with van der Waals surface area (Å²) in [5, 5.41) is 3.66. The Morgan fingerprint density at radius 3 is 2.65 bits per heavy atom. The van der Waals surface area contributed by atoms with Gasteiger partial charge in [0.25, 0.3) is 5.91 Å². The van der Waals surface area contributed by atoms with Gasteiger partial charge in [-0.05, 0) is 31.9 Å². The third-order valence-corrected chi connectivity index (χ3v) is 5.88. The summed E-state index contributed by atoms with van der Waals surface area (Å²) in [5.41, 5.74) is 0.0573. The molecule has 1 atom stereocenters. The van der Waals surface area contributed by atoms with Gasteiger partial charge in [0.2, 0.25) is 0 Å². The number of halogens is 1. The molecule has 1 aromatic carbocycles. The zero-order valence-corrected chi connectivity index (χ0v) is 16.3. The van der Waals surface area contributed by atoms with Crippen LogP contribution in [0.15, 0.2) is 24.3 Å². The van der Waals surface area contributed by atoms with E-state index in [0.717, 1.165) is 39.1 Å². The number of rotatable bonds is 6. The zero-order chi connectivity index (χ0) is 18.4. The van der Waals surface area contributed by atoms with Crippen LogP contribution in [0, 0.1) is 0 Å². The van der Waals surface area contributed by atoms with Gasteiger partial charge in [-0.1, -0.05) is 43.0 Å². The van der Waals surface area contributed by atoms with E-state index in [1.165, 1.54) is 19.3 Å². The number of carbonyl (C=O) groups is 1. The molecule has 144 valence electrons. The number of benzene rings is 1. The second-order valence-corrected chi connectivity index (χ2v) is 7.70. The molecule has 1 saturated heterocycles.